The second kappa shape index (κ2) is 9.26. The van der Waals surface area contributed by atoms with Gasteiger partial charge in [0.05, 0.1) is 30.2 Å². The molecule has 37 heavy (non-hydrogen) atoms. The van der Waals surface area contributed by atoms with Gasteiger partial charge in [0, 0.05) is 30.3 Å². The van der Waals surface area contributed by atoms with E-state index in [0.29, 0.717) is 16.6 Å². The van der Waals surface area contributed by atoms with Gasteiger partial charge in [-0.1, -0.05) is 36.4 Å². The van der Waals surface area contributed by atoms with Crippen molar-refractivity contribution in [1.82, 2.24) is 19.3 Å². The maximum Gasteiger partial charge on any atom is 0.308 e. The highest BCUT2D eigenvalue weighted by molar-refractivity contribution is 6.30. The van der Waals surface area contributed by atoms with Crippen molar-refractivity contribution in [3.63, 3.8) is 0 Å². The molecule has 5 rings (SSSR count). The molecule has 0 saturated carbocycles. The average Bonchev–Trinajstić information content (AvgIpc) is 3.28. The average molecular weight is 499 g/mol. The lowest BCUT2D eigenvalue weighted by molar-refractivity contribution is -0.153. The molecule has 0 aliphatic heterocycles. The first kappa shape index (κ1) is 23.8. The number of ether oxygens (including phenoxy) is 1. The first-order valence-electron chi connectivity index (χ1n) is 11.4. The Hall–Kier alpha value is -4.93. The van der Waals surface area contributed by atoms with Gasteiger partial charge in [-0.15, -0.1) is 0 Å². The van der Waals surface area contributed by atoms with E-state index >= 15 is 0 Å². The van der Waals surface area contributed by atoms with E-state index < -0.39 is 18.0 Å². The Labute approximate surface area is 209 Å². The number of rotatable bonds is 6. The minimum atomic E-state index is -1.19. The number of aromatic nitrogens is 4. The number of hydrogen-bond acceptors (Lipinski definition) is 8. The summed E-state index contributed by atoms with van der Waals surface area (Å²) < 4.78 is 7.98. The number of ketones is 2. The molecular weight excluding hydrogens is 478 g/mol. The fraction of sp³-hybridized carbons (Fsp3) is 0.192. The number of nitrogens with one attached hydrogen (secondary N) is 1. The van der Waals surface area contributed by atoms with Crippen molar-refractivity contribution in [1.29, 1.82) is 0 Å². The third kappa shape index (κ3) is 4.20. The third-order valence-electron chi connectivity index (χ3n) is 6.16. The van der Waals surface area contributed by atoms with Crippen LogP contribution in [-0.4, -0.2) is 48.9 Å². The van der Waals surface area contributed by atoms with E-state index in [9.17, 15) is 24.0 Å². The predicted octanol–water partition coefficient (Wildman–Crippen LogP) is 1.87. The molecule has 1 aliphatic carbocycles. The summed E-state index contributed by atoms with van der Waals surface area (Å²) in [6.07, 6.45) is 1.37. The lowest BCUT2D eigenvalue weighted by Gasteiger charge is -2.21. The van der Waals surface area contributed by atoms with E-state index in [2.05, 4.69) is 15.4 Å². The van der Waals surface area contributed by atoms with E-state index in [1.807, 2.05) is 0 Å². The molecule has 0 saturated heterocycles. The van der Waals surface area contributed by atoms with Crippen LogP contribution in [0.2, 0.25) is 0 Å². The van der Waals surface area contributed by atoms with E-state index in [1.165, 1.54) is 40.8 Å². The standard InChI is InChI=1S/C26H21N5O6/c1-14(37-20(32)10-11-31-13-27-24-18(26(31)36)12-28-30(24)2)25(35)29-19-9-5-8-17-21(19)23(34)16-7-4-3-6-15(16)22(17)33/h3-9,12-14H,10-11H2,1-2H3,(H,29,35). The first-order valence-corrected chi connectivity index (χ1v) is 11.4. The van der Waals surface area contributed by atoms with E-state index in [0.717, 1.165) is 0 Å². The highest BCUT2D eigenvalue weighted by atomic mass is 16.5. The van der Waals surface area contributed by atoms with Crippen molar-refractivity contribution in [2.24, 2.45) is 7.05 Å². The number of fused-ring (bicyclic) bond motifs is 3. The molecule has 1 N–H and O–H groups in total. The van der Waals surface area contributed by atoms with Crippen LogP contribution in [0.5, 0.6) is 0 Å². The van der Waals surface area contributed by atoms with Crippen LogP contribution >= 0.6 is 0 Å². The van der Waals surface area contributed by atoms with Gasteiger partial charge < -0.3 is 10.1 Å². The zero-order valence-electron chi connectivity index (χ0n) is 19.9. The summed E-state index contributed by atoms with van der Waals surface area (Å²) in [6.45, 7) is 1.40. The second-order valence-electron chi connectivity index (χ2n) is 8.55. The maximum absolute atomic E-state index is 13.1. The zero-order chi connectivity index (χ0) is 26.3. The molecule has 2 heterocycles. The fourth-order valence-electron chi connectivity index (χ4n) is 4.23. The summed E-state index contributed by atoms with van der Waals surface area (Å²) in [5.74, 6) is -2.06. The van der Waals surface area contributed by atoms with Crippen LogP contribution in [0.1, 0.15) is 45.2 Å². The van der Waals surface area contributed by atoms with Gasteiger partial charge in [0.2, 0.25) is 0 Å². The smallest absolute Gasteiger partial charge is 0.308 e. The number of carbonyl (C=O) groups excluding carboxylic acids is 4. The Morgan fingerprint density at radius 3 is 2.46 bits per heavy atom. The predicted molar refractivity (Wildman–Crippen MR) is 131 cm³/mol. The van der Waals surface area contributed by atoms with Crippen molar-refractivity contribution in [3.8, 4) is 0 Å². The number of hydrogen-bond donors (Lipinski definition) is 1. The topological polar surface area (TPSA) is 142 Å². The lowest BCUT2D eigenvalue weighted by Crippen LogP contribution is -2.32. The highest BCUT2D eigenvalue weighted by Crippen LogP contribution is 2.32. The Morgan fingerprint density at radius 2 is 1.70 bits per heavy atom. The Bertz CT molecular complexity index is 1670. The minimum Gasteiger partial charge on any atom is -0.452 e. The zero-order valence-corrected chi connectivity index (χ0v) is 19.9. The third-order valence-corrected chi connectivity index (χ3v) is 6.16. The van der Waals surface area contributed by atoms with Crippen molar-refractivity contribution in [2.75, 3.05) is 5.32 Å². The Balaban J connectivity index is 1.25. The molecule has 11 heteroatoms. The molecule has 4 aromatic rings. The van der Waals surface area contributed by atoms with E-state index in [1.54, 1.807) is 37.4 Å². The fourth-order valence-corrected chi connectivity index (χ4v) is 4.23. The molecule has 1 amide bonds. The van der Waals surface area contributed by atoms with Crippen LogP contribution in [0.25, 0.3) is 11.0 Å². The SMILES string of the molecule is CC(OC(=O)CCn1cnc2c(cnn2C)c1=O)C(=O)Nc1cccc2c1C(=O)c1ccccc1C2=O. The summed E-state index contributed by atoms with van der Waals surface area (Å²) in [5.41, 5.74) is 1.09. The molecule has 1 aliphatic rings. The van der Waals surface area contributed by atoms with Crippen LogP contribution in [0.15, 0.2) is 59.8 Å². The van der Waals surface area contributed by atoms with Gasteiger partial charge >= 0.3 is 5.97 Å². The van der Waals surface area contributed by atoms with Crippen molar-refractivity contribution >= 4 is 40.2 Å². The molecule has 1 atom stereocenters. The van der Waals surface area contributed by atoms with Gasteiger partial charge in [-0.25, -0.2) is 4.98 Å². The van der Waals surface area contributed by atoms with Crippen molar-refractivity contribution in [3.05, 3.63) is 87.6 Å². The quantitative estimate of drug-likeness (QED) is 0.349. The summed E-state index contributed by atoms with van der Waals surface area (Å²) in [4.78, 5) is 67.9. The molecule has 2 aromatic carbocycles. The van der Waals surface area contributed by atoms with Gasteiger partial charge in [-0.3, -0.25) is 33.2 Å². The molecule has 0 bridgehead atoms. The number of nitrogens with zero attached hydrogens (tertiary/aromatic N) is 4. The molecule has 0 fully saturated rings. The van der Waals surface area contributed by atoms with Crippen LogP contribution in [0.4, 0.5) is 5.69 Å². The number of benzene rings is 2. The molecule has 1 unspecified atom stereocenters. The number of aryl methyl sites for hydroxylation is 2. The molecule has 186 valence electrons. The van der Waals surface area contributed by atoms with E-state index in [4.69, 9.17) is 4.74 Å². The first-order chi connectivity index (χ1) is 17.8. The summed E-state index contributed by atoms with van der Waals surface area (Å²) in [6, 6.07) is 11.1. The number of amides is 1. The monoisotopic (exact) mass is 499 g/mol. The van der Waals surface area contributed by atoms with Crippen LogP contribution in [-0.2, 0) is 27.9 Å². The number of esters is 1. The van der Waals surface area contributed by atoms with Gasteiger partial charge in [0.25, 0.3) is 11.5 Å². The highest BCUT2D eigenvalue weighted by Gasteiger charge is 2.32. The van der Waals surface area contributed by atoms with Crippen molar-refractivity contribution < 1.29 is 23.9 Å². The molecule has 2 aromatic heterocycles. The Morgan fingerprint density at radius 1 is 1.00 bits per heavy atom. The van der Waals surface area contributed by atoms with Gasteiger partial charge in [0.1, 0.15) is 5.39 Å². The van der Waals surface area contributed by atoms with Gasteiger partial charge in [-0.2, -0.15) is 5.10 Å². The molecular formula is C26H21N5O6. The molecule has 0 spiro atoms. The number of carbonyl (C=O) groups is 4. The largest absolute Gasteiger partial charge is 0.452 e. The lowest BCUT2D eigenvalue weighted by atomic mass is 9.83. The van der Waals surface area contributed by atoms with Crippen LogP contribution in [0, 0.1) is 0 Å². The molecule has 11 nitrogen and oxygen atoms in total. The molecule has 0 radical (unpaired) electrons. The van der Waals surface area contributed by atoms with Crippen LogP contribution in [0.3, 0.4) is 0 Å². The van der Waals surface area contributed by atoms with Gasteiger partial charge in [0.15, 0.2) is 23.3 Å². The van der Waals surface area contributed by atoms with Crippen LogP contribution < -0.4 is 10.9 Å². The Kier molecular flexibility index (Phi) is 5.96. The number of anilines is 1. The maximum atomic E-state index is 13.1. The minimum absolute atomic E-state index is 0.00601. The summed E-state index contributed by atoms with van der Waals surface area (Å²) >= 11 is 0. The summed E-state index contributed by atoms with van der Waals surface area (Å²) in [7, 11) is 1.67. The van der Waals surface area contributed by atoms with Gasteiger partial charge in [-0.05, 0) is 13.0 Å². The van der Waals surface area contributed by atoms with Crippen molar-refractivity contribution in [2.45, 2.75) is 26.0 Å². The summed E-state index contributed by atoms with van der Waals surface area (Å²) in [5, 5.41) is 6.92. The second-order valence-corrected chi connectivity index (χ2v) is 8.55. The normalized spacial score (nSPS) is 13.1. The van der Waals surface area contributed by atoms with E-state index in [-0.39, 0.29) is 52.5 Å².